The van der Waals surface area contributed by atoms with E-state index in [9.17, 15) is 0 Å². The van der Waals surface area contributed by atoms with Crippen LogP contribution in [-0.4, -0.2) is 43.6 Å². The van der Waals surface area contributed by atoms with Crippen LogP contribution < -0.4 is 9.47 Å². The quantitative estimate of drug-likeness (QED) is 0.436. The van der Waals surface area contributed by atoms with Gasteiger partial charge >= 0.3 is 0 Å². The molecule has 0 aliphatic heterocycles. The lowest BCUT2D eigenvalue weighted by Gasteiger charge is -2.08. The molecule has 0 radical (unpaired) electrons. The maximum atomic E-state index is 5.40. The van der Waals surface area contributed by atoms with Gasteiger partial charge in [0.05, 0.1) is 31.5 Å². The van der Waals surface area contributed by atoms with E-state index in [2.05, 4.69) is 41.2 Å². The highest BCUT2D eigenvalue weighted by atomic mass is 16.5. The van der Waals surface area contributed by atoms with Crippen LogP contribution in [0, 0.1) is 13.8 Å². The number of ether oxygens (including phenoxy) is 2. The van der Waals surface area contributed by atoms with E-state index in [1.54, 1.807) is 31.3 Å². The molecular weight excluding hydrogens is 392 g/mol. The molecule has 0 aliphatic rings. The predicted molar refractivity (Wildman–Crippen MR) is 117 cm³/mol. The van der Waals surface area contributed by atoms with E-state index in [0.29, 0.717) is 23.7 Å². The lowest BCUT2D eigenvalue weighted by atomic mass is 10.1. The molecule has 0 aliphatic carbocycles. The minimum absolute atomic E-state index is 0.564. The molecule has 0 atom stereocenters. The fraction of sp³-hybridized carbons (Fsp3) is 0.217. The largest absolute Gasteiger partial charge is 0.493 e. The molecule has 5 aromatic rings. The molecule has 0 N–H and O–H groups in total. The van der Waals surface area contributed by atoms with E-state index < -0.39 is 0 Å². The summed E-state index contributed by atoms with van der Waals surface area (Å²) in [7, 11) is 3.25. The first-order chi connectivity index (χ1) is 15.1. The second-order valence-electron chi connectivity index (χ2n) is 7.47. The third kappa shape index (κ3) is 3.26. The van der Waals surface area contributed by atoms with Crippen molar-refractivity contribution < 1.29 is 9.47 Å². The van der Waals surface area contributed by atoms with Crippen molar-refractivity contribution >= 4 is 16.7 Å². The Labute approximate surface area is 179 Å². The lowest BCUT2D eigenvalue weighted by molar-refractivity contribution is 0.354. The Morgan fingerprint density at radius 3 is 2.52 bits per heavy atom. The Kier molecular flexibility index (Phi) is 4.54. The van der Waals surface area contributed by atoms with Crippen molar-refractivity contribution in [3.8, 4) is 17.2 Å². The number of hydrogen-bond acceptors (Lipinski definition) is 6. The Bertz CT molecular complexity index is 1420. The number of nitrogens with zero attached hydrogens (tertiary/aromatic N) is 6. The van der Waals surface area contributed by atoms with Gasteiger partial charge in [0.1, 0.15) is 6.33 Å². The third-order valence-corrected chi connectivity index (χ3v) is 5.49. The molecule has 8 nitrogen and oxygen atoms in total. The topological polar surface area (TPSA) is 79.4 Å². The SMILES string of the molecule is COc1ccc(Cc2nc3c4cnn(-c5ccc(C)c(C)c5)c4ncn3n2)cc1OC. The Morgan fingerprint density at radius 2 is 1.74 bits per heavy atom. The van der Waals surface area contributed by atoms with Crippen LogP contribution in [0.5, 0.6) is 11.5 Å². The maximum Gasteiger partial charge on any atom is 0.170 e. The van der Waals surface area contributed by atoms with Gasteiger partial charge in [0.25, 0.3) is 0 Å². The van der Waals surface area contributed by atoms with Crippen molar-refractivity contribution in [3.63, 3.8) is 0 Å². The number of hydrogen-bond donors (Lipinski definition) is 0. The molecule has 156 valence electrons. The summed E-state index contributed by atoms with van der Waals surface area (Å²) in [4.78, 5) is 9.35. The predicted octanol–water partition coefficient (Wildman–Crippen LogP) is 3.69. The van der Waals surface area contributed by atoms with Crippen molar-refractivity contribution in [3.05, 3.63) is 71.4 Å². The maximum absolute atomic E-state index is 5.40. The summed E-state index contributed by atoms with van der Waals surface area (Å²) in [5.41, 5.74) is 5.94. The molecule has 0 spiro atoms. The first-order valence-corrected chi connectivity index (χ1v) is 9.94. The van der Waals surface area contributed by atoms with Crippen molar-refractivity contribution in [2.24, 2.45) is 0 Å². The van der Waals surface area contributed by atoms with Crippen molar-refractivity contribution in [2.75, 3.05) is 14.2 Å². The van der Waals surface area contributed by atoms with Gasteiger partial charge in [0.15, 0.2) is 28.6 Å². The zero-order valence-corrected chi connectivity index (χ0v) is 17.8. The van der Waals surface area contributed by atoms with Crippen molar-refractivity contribution in [2.45, 2.75) is 20.3 Å². The summed E-state index contributed by atoms with van der Waals surface area (Å²) in [5, 5.41) is 10.0. The minimum atomic E-state index is 0.564. The molecule has 0 fully saturated rings. The normalized spacial score (nSPS) is 11.4. The van der Waals surface area contributed by atoms with Gasteiger partial charge in [0, 0.05) is 6.42 Å². The average Bonchev–Trinajstić information content (AvgIpc) is 3.39. The zero-order valence-electron chi connectivity index (χ0n) is 17.8. The molecule has 0 bridgehead atoms. The third-order valence-electron chi connectivity index (χ3n) is 5.49. The Hall–Kier alpha value is -3.94. The van der Waals surface area contributed by atoms with Crippen LogP contribution in [0.1, 0.15) is 22.5 Å². The van der Waals surface area contributed by atoms with E-state index in [4.69, 9.17) is 14.5 Å². The highest BCUT2D eigenvalue weighted by Crippen LogP contribution is 2.28. The second kappa shape index (κ2) is 7.39. The standard InChI is InChI=1S/C23H22N6O2/c1-14-5-7-17(9-15(14)2)29-22-18(12-25-29)23-26-21(27-28(23)13-24-22)11-16-6-8-19(30-3)20(10-16)31-4/h5-10,12-13H,11H2,1-4H3. The van der Waals surface area contributed by atoms with Gasteiger partial charge in [-0.25, -0.2) is 19.2 Å². The van der Waals surface area contributed by atoms with Crippen LogP contribution >= 0.6 is 0 Å². The van der Waals surface area contributed by atoms with Gasteiger partial charge in [-0.1, -0.05) is 12.1 Å². The fourth-order valence-corrected chi connectivity index (χ4v) is 3.66. The van der Waals surface area contributed by atoms with Gasteiger partial charge in [-0.05, 0) is 54.8 Å². The molecule has 0 amide bonds. The minimum Gasteiger partial charge on any atom is -0.493 e. The summed E-state index contributed by atoms with van der Waals surface area (Å²) in [6.07, 6.45) is 4.04. The van der Waals surface area contributed by atoms with E-state index in [0.717, 1.165) is 27.9 Å². The number of methoxy groups -OCH3 is 2. The number of aryl methyl sites for hydroxylation is 2. The molecular formula is C23H22N6O2. The highest BCUT2D eigenvalue weighted by molar-refractivity contribution is 5.89. The Morgan fingerprint density at radius 1 is 0.903 bits per heavy atom. The van der Waals surface area contributed by atoms with E-state index in [1.165, 1.54) is 11.1 Å². The van der Waals surface area contributed by atoms with Crippen LogP contribution in [0.4, 0.5) is 0 Å². The van der Waals surface area contributed by atoms with Crippen molar-refractivity contribution in [1.29, 1.82) is 0 Å². The molecule has 8 heteroatoms. The lowest BCUT2D eigenvalue weighted by Crippen LogP contribution is -2.00. The van der Waals surface area contributed by atoms with Crippen LogP contribution in [0.25, 0.3) is 22.4 Å². The monoisotopic (exact) mass is 414 g/mol. The van der Waals surface area contributed by atoms with Gasteiger partial charge in [-0.3, -0.25) is 0 Å². The van der Waals surface area contributed by atoms with E-state index in [1.807, 2.05) is 28.9 Å². The van der Waals surface area contributed by atoms with Gasteiger partial charge in [-0.2, -0.15) is 5.10 Å². The first-order valence-electron chi connectivity index (χ1n) is 9.94. The second-order valence-corrected chi connectivity index (χ2v) is 7.47. The number of rotatable bonds is 5. The zero-order chi connectivity index (χ0) is 21.5. The van der Waals surface area contributed by atoms with Gasteiger partial charge in [0.2, 0.25) is 0 Å². The van der Waals surface area contributed by atoms with Crippen LogP contribution in [0.15, 0.2) is 48.9 Å². The summed E-state index contributed by atoms with van der Waals surface area (Å²) in [6.45, 7) is 4.19. The molecule has 0 unspecified atom stereocenters. The van der Waals surface area contributed by atoms with Gasteiger partial charge < -0.3 is 9.47 Å². The van der Waals surface area contributed by atoms with E-state index in [-0.39, 0.29) is 0 Å². The van der Waals surface area contributed by atoms with Crippen LogP contribution in [0.3, 0.4) is 0 Å². The molecule has 2 aromatic carbocycles. The summed E-state index contributed by atoms with van der Waals surface area (Å²) >= 11 is 0. The summed E-state index contributed by atoms with van der Waals surface area (Å²) < 4.78 is 14.2. The Balaban J connectivity index is 1.54. The molecule has 0 saturated carbocycles. The fourth-order valence-electron chi connectivity index (χ4n) is 3.66. The molecule has 5 rings (SSSR count). The first kappa shape index (κ1) is 19.0. The number of aromatic nitrogens is 6. The summed E-state index contributed by atoms with van der Waals surface area (Å²) in [5.74, 6) is 2.07. The highest BCUT2D eigenvalue weighted by Gasteiger charge is 2.15. The molecule has 0 saturated heterocycles. The smallest absolute Gasteiger partial charge is 0.170 e. The van der Waals surface area contributed by atoms with Crippen LogP contribution in [0.2, 0.25) is 0 Å². The van der Waals surface area contributed by atoms with E-state index >= 15 is 0 Å². The van der Waals surface area contributed by atoms with Crippen molar-refractivity contribution in [1.82, 2.24) is 29.4 Å². The number of benzene rings is 2. The number of fused-ring (bicyclic) bond motifs is 3. The molecule has 3 aromatic heterocycles. The van der Waals surface area contributed by atoms with Gasteiger partial charge in [-0.15, -0.1) is 5.10 Å². The summed E-state index contributed by atoms with van der Waals surface area (Å²) in [6, 6.07) is 12.1. The molecule has 31 heavy (non-hydrogen) atoms. The average molecular weight is 414 g/mol. The van der Waals surface area contributed by atoms with Crippen LogP contribution in [-0.2, 0) is 6.42 Å². The molecule has 3 heterocycles.